The van der Waals surface area contributed by atoms with Crippen LogP contribution in [-0.2, 0) is 15.5 Å². The molecule has 1 rings (SSSR count). The van der Waals surface area contributed by atoms with Crippen molar-refractivity contribution in [3.05, 3.63) is 24.0 Å². The van der Waals surface area contributed by atoms with Gasteiger partial charge in [-0.1, -0.05) is 0 Å². The Morgan fingerprint density at radius 2 is 2.39 bits per heavy atom. The number of carbonyl (C=O) groups is 2. The van der Waals surface area contributed by atoms with Gasteiger partial charge in [-0.25, -0.2) is 9.36 Å². The second kappa shape index (κ2) is 7.67. The minimum Gasteiger partial charge on any atom is -0.477 e. The van der Waals surface area contributed by atoms with Gasteiger partial charge in [0.15, 0.2) is 12.4 Å². The molecular formula is C11H15N2O4S+. The van der Waals surface area contributed by atoms with E-state index >= 15 is 0 Å². The van der Waals surface area contributed by atoms with Gasteiger partial charge in [-0.15, -0.1) is 0 Å². The summed E-state index contributed by atoms with van der Waals surface area (Å²) < 4.78 is 6.60. The molecule has 6 nitrogen and oxygen atoms in total. The molecule has 0 aliphatic rings. The van der Waals surface area contributed by atoms with Crippen molar-refractivity contribution in [1.82, 2.24) is 0 Å². The number of hydrogen-bond donors (Lipinski definition) is 2. The summed E-state index contributed by atoms with van der Waals surface area (Å²) in [4.78, 5) is 21.3. The molecular weight excluding hydrogens is 256 g/mol. The fourth-order valence-electron chi connectivity index (χ4n) is 1.42. The van der Waals surface area contributed by atoms with Crippen LogP contribution in [-0.4, -0.2) is 30.3 Å². The van der Waals surface area contributed by atoms with Gasteiger partial charge in [0.05, 0.1) is 7.11 Å². The van der Waals surface area contributed by atoms with Crippen molar-refractivity contribution in [1.29, 1.82) is 0 Å². The molecule has 0 saturated carbocycles. The van der Waals surface area contributed by atoms with Gasteiger partial charge in [0.2, 0.25) is 6.41 Å². The Hall–Kier alpha value is -1.60. The SMILES string of the molecule is COSCCC[n+]1cc(NC=O)cc(C(=O)O)c1. The average molecular weight is 271 g/mol. The van der Waals surface area contributed by atoms with Crippen molar-refractivity contribution in [2.75, 3.05) is 18.2 Å². The molecule has 98 valence electrons. The van der Waals surface area contributed by atoms with Crippen molar-refractivity contribution >= 4 is 30.1 Å². The highest BCUT2D eigenvalue weighted by Gasteiger charge is 2.12. The third-order valence-corrected chi connectivity index (χ3v) is 2.85. The predicted octanol–water partition coefficient (Wildman–Crippen LogP) is 0.925. The van der Waals surface area contributed by atoms with Gasteiger partial charge in [-0.05, 0) is 18.1 Å². The normalized spacial score (nSPS) is 10.1. The zero-order valence-corrected chi connectivity index (χ0v) is 10.8. The second-order valence-corrected chi connectivity index (χ2v) is 4.44. The molecule has 1 amide bonds. The van der Waals surface area contributed by atoms with Gasteiger partial charge in [0.25, 0.3) is 0 Å². The molecule has 1 heterocycles. The summed E-state index contributed by atoms with van der Waals surface area (Å²) in [6, 6.07) is 1.41. The summed E-state index contributed by atoms with van der Waals surface area (Å²) in [6.07, 6.45) is 4.59. The van der Waals surface area contributed by atoms with Crippen molar-refractivity contribution in [2.45, 2.75) is 13.0 Å². The fourth-order valence-corrected chi connectivity index (χ4v) is 1.83. The number of nitrogens with zero attached hydrogens (tertiary/aromatic N) is 1. The Kier molecular flexibility index (Phi) is 6.16. The highest BCUT2D eigenvalue weighted by Crippen LogP contribution is 2.07. The van der Waals surface area contributed by atoms with E-state index in [2.05, 4.69) is 5.32 Å². The molecule has 0 aliphatic carbocycles. The number of carboxylic acids is 1. The van der Waals surface area contributed by atoms with Gasteiger partial charge in [0.1, 0.15) is 17.8 Å². The molecule has 1 aromatic heterocycles. The molecule has 18 heavy (non-hydrogen) atoms. The minimum atomic E-state index is -1.02. The molecule has 0 unspecified atom stereocenters. The molecule has 0 spiro atoms. The first-order chi connectivity index (χ1) is 8.67. The molecule has 2 N–H and O–H groups in total. The molecule has 0 atom stereocenters. The molecule has 0 radical (unpaired) electrons. The number of carboxylic acid groups (broad SMARTS) is 1. The minimum absolute atomic E-state index is 0.140. The number of aryl methyl sites for hydroxylation is 1. The molecule has 0 aliphatic heterocycles. The number of amides is 1. The van der Waals surface area contributed by atoms with Crippen LogP contribution in [0.3, 0.4) is 0 Å². The van der Waals surface area contributed by atoms with E-state index in [-0.39, 0.29) is 5.56 Å². The van der Waals surface area contributed by atoms with Crippen LogP contribution in [0.25, 0.3) is 0 Å². The maximum atomic E-state index is 10.9. The summed E-state index contributed by atoms with van der Waals surface area (Å²) in [5.74, 6) is -0.207. The molecule has 0 saturated heterocycles. The zero-order valence-electron chi connectivity index (χ0n) is 9.96. The molecule has 1 aromatic rings. The first kappa shape index (κ1) is 14.5. The number of hydrogen-bond acceptors (Lipinski definition) is 4. The summed E-state index contributed by atoms with van der Waals surface area (Å²) in [7, 11) is 1.61. The topological polar surface area (TPSA) is 79.5 Å². The standard InChI is InChI=1S/C11H14N2O4S/c1-17-18-4-2-3-13-6-9(11(15)16)5-10(7-13)12-8-14/h5-8H,2-4H2,1H3,(H-,12,14,15,16)/p+1. The molecule has 0 aromatic carbocycles. The van der Waals surface area contributed by atoms with Crippen LogP contribution in [0.5, 0.6) is 0 Å². The van der Waals surface area contributed by atoms with Crippen molar-refractivity contribution in [2.24, 2.45) is 0 Å². The van der Waals surface area contributed by atoms with E-state index in [9.17, 15) is 9.59 Å². The molecule has 0 fully saturated rings. The van der Waals surface area contributed by atoms with Crippen LogP contribution in [0.2, 0.25) is 0 Å². The molecule has 0 bridgehead atoms. The largest absolute Gasteiger partial charge is 0.477 e. The van der Waals surface area contributed by atoms with E-state index in [0.717, 1.165) is 12.2 Å². The third kappa shape index (κ3) is 4.72. The lowest BCUT2D eigenvalue weighted by atomic mass is 10.2. The van der Waals surface area contributed by atoms with E-state index in [1.807, 2.05) is 0 Å². The van der Waals surface area contributed by atoms with E-state index < -0.39 is 5.97 Å². The van der Waals surface area contributed by atoms with Crippen LogP contribution in [0.15, 0.2) is 18.5 Å². The Morgan fingerprint density at radius 3 is 3.00 bits per heavy atom. The number of nitrogens with one attached hydrogen (secondary N) is 1. The average Bonchev–Trinajstić information content (AvgIpc) is 2.35. The monoisotopic (exact) mass is 271 g/mol. The second-order valence-electron chi connectivity index (χ2n) is 3.46. The van der Waals surface area contributed by atoms with Gasteiger partial charge < -0.3 is 14.6 Å². The zero-order chi connectivity index (χ0) is 13.4. The van der Waals surface area contributed by atoms with Crippen molar-refractivity contribution < 1.29 is 23.4 Å². The quantitative estimate of drug-likeness (QED) is 0.318. The van der Waals surface area contributed by atoms with Crippen molar-refractivity contribution in [3.8, 4) is 0 Å². The van der Waals surface area contributed by atoms with E-state index in [1.165, 1.54) is 24.3 Å². The van der Waals surface area contributed by atoms with Gasteiger partial charge in [-0.2, -0.15) is 0 Å². The van der Waals surface area contributed by atoms with Crippen LogP contribution in [0.4, 0.5) is 5.69 Å². The number of anilines is 1. The first-order valence-corrected chi connectivity index (χ1v) is 6.21. The lowest BCUT2D eigenvalue weighted by Gasteiger charge is -2.02. The third-order valence-electron chi connectivity index (χ3n) is 2.16. The predicted molar refractivity (Wildman–Crippen MR) is 67.4 cm³/mol. The number of rotatable bonds is 8. The van der Waals surface area contributed by atoms with Gasteiger partial charge >= 0.3 is 5.97 Å². The van der Waals surface area contributed by atoms with Gasteiger partial charge in [0, 0.05) is 12.2 Å². The van der Waals surface area contributed by atoms with E-state index in [0.29, 0.717) is 18.6 Å². The maximum absolute atomic E-state index is 10.9. The van der Waals surface area contributed by atoms with E-state index in [1.54, 1.807) is 17.9 Å². The van der Waals surface area contributed by atoms with E-state index in [4.69, 9.17) is 9.29 Å². The number of aromatic nitrogens is 1. The highest BCUT2D eigenvalue weighted by molar-refractivity contribution is 7.94. The Morgan fingerprint density at radius 1 is 1.61 bits per heavy atom. The van der Waals surface area contributed by atoms with Crippen LogP contribution in [0.1, 0.15) is 16.8 Å². The van der Waals surface area contributed by atoms with Crippen LogP contribution >= 0.6 is 12.0 Å². The number of pyridine rings is 1. The Bertz CT molecular complexity index is 426. The Balaban J connectivity index is 2.75. The Labute approximate surface area is 109 Å². The summed E-state index contributed by atoms with van der Waals surface area (Å²) >= 11 is 1.35. The lowest BCUT2D eigenvalue weighted by Crippen LogP contribution is -2.35. The molecule has 7 heteroatoms. The first-order valence-electron chi connectivity index (χ1n) is 5.30. The van der Waals surface area contributed by atoms with Gasteiger partial charge in [-0.3, -0.25) is 4.79 Å². The van der Waals surface area contributed by atoms with Crippen molar-refractivity contribution in [3.63, 3.8) is 0 Å². The highest BCUT2D eigenvalue weighted by atomic mass is 32.2. The number of aromatic carboxylic acids is 1. The number of carbonyl (C=O) groups excluding carboxylic acids is 1. The lowest BCUT2D eigenvalue weighted by molar-refractivity contribution is -0.696. The smallest absolute Gasteiger partial charge is 0.341 e. The van der Waals surface area contributed by atoms with Crippen LogP contribution in [0, 0.1) is 0 Å². The summed E-state index contributed by atoms with van der Waals surface area (Å²) in [5.41, 5.74) is 0.602. The summed E-state index contributed by atoms with van der Waals surface area (Å²) in [5, 5.41) is 11.4. The fraction of sp³-hybridized carbons (Fsp3) is 0.364. The summed E-state index contributed by atoms with van der Waals surface area (Å²) in [6.45, 7) is 0.658. The van der Waals surface area contributed by atoms with Crippen LogP contribution < -0.4 is 9.88 Å². The maximum Gasteiger partial charge on any atom is 0.341 e.